The van der Waals surface area contributed by atoms with Gasteiger partial charge in [0.25, 0.3) is 0 Å². The molecule has 0 saturated carbocycles. The SMILES string of the molecule is CC1CSC(=S)N1C. The summed E-state index contributed by atoms with van der Waals surface area (Å²) >= 11 is 6.78. The van der Waals surface area contributed by atoms with Crippen LogP contribution in [0.25, 0.3) is 0 Å². The van der Waals surface area contributed by atoms with E-state index in [-0.39, 0.29) is 0 Å². The lowest BCUT2D eigenvalue weighted by Crippen LogP contribution is -2.25. The Morgan fingerprint density at radius 2 is 2.50 bits per heavy atom. The molecule has 1 rings (SSSR count). The van der Waals surface area contributed by atoms with Gasteiger partial charge in [0.15, 0.2) is 0 Å². The van der Waals surface area contributed by atoms with Gasteiger partial charge in [0.2, 0.25) is 0 Å². The molecule has 0 aromatic carbocycles. The molecule has 1 nitrogen and oxygen atoms in total. The van der Waals surface area contributed by atoms with Crippen molar-refractivity contribution < 1.29 is 0 Å². The molecule has 0 radical (unpaired) electrons. The van der Waals surface area contributed by atoms with Crippen molar-refractivity contribution in [2.75, 3.05) is 12.8 Å². The van der Waals surface area contributed by atoms with Crippen LogP contribution in [0.15, 0.2) is 0 Å². The lowest BCUT2D eigenvalue weighted by molar-refractivity contribution is 0.448. The summed E-state index contributed by atoms with van der Waals surface area (Å²) in [5.74, 6) is 1.16. The fourth-order valence-corrected chi connectivity index (χ4v) is 1.96. The second kappa shape index (κ2) is 2.23. The highest BCUT2D eigenvalue weighted by atomic mass is 32.2. The summed E-state index contributed by atoms with van der Waals surface area (Å²) in [6.45, 7) is 2.19. The van der Waals surface area contributed by atoms with E-state index in [9.17, 15) is 0 Å². The second-order valence-electron chi connectivity index (χ2n) is 2.04. The van der Waals surface area contributed by atoms with Crippen LogP contribution in [0.2, 0.25) is 0 Å². The average molecular weight is 147 g/mol. The van der Waals surface area contributed by atoms with E-state index in [1.165, 1.54) is 0 Å². The first-order chi connectivity index (χ1) is 3.72. The van der Waals surface area contributed by atoms with Crippen molar-refractivity contribution in [3.63, 3.8) is 0 Å². The summed E-state index contributed by atoms with van der Waals surface area (Å²) in [6.07, 6.45) is 0. The van der Waals surface area contributed by atoms with Gasteiger partial charge >= 0.3 is 0 Å². The van der Waals surface area contributed by atoms with Crippen molar-refractivity contribution in [3.05, 3.63) is 0 Å². The maximum atomic E-state index is 5.01. The van der Waals surface area contributed by atoms with Crippen LogP contribution in [0.1, 0.15) is 6.92 Å². The van der Waals surface area contributed by atoms with Crippen LogP contribution in [0.4, 0.5) is 0 Å². The van der Waals surface area contributed by atoms with Gasteiger partial charge in [-0.15, -0.1) is 0 Å². The molecule has 0 amide bonds. The standard InChI is InChI=1S/C5H9NS2/c1-4-3-8-5(7)6(4)2/h4H,3H2,1-2H3. The monoisotopic (exact) mass is 147 g/mol. The molecule has 0 aromatic heterocycles. The number of rotatable bonds is 0. The highest BCUT2D eigenvalue weighted by Gasteiger charge is 2.20. The Hall–Kier alpha value is 0.240. The molecule has 1 heterocycles. The van der Waals surface area contributed by atoms with E-state index >= 15 is 0 Å². The van der Waals surface area contributed by atoms with Crippen LogP contribution in [0.5, 0.6) is 0 Å². The molecule has 1 aliphatic heterocycles. The summed E-state index contributed by atoms with van der Waals surface area (Å²) < 4.78 is 1.04. The van der Waals surface area contributed by atoms with Crippen LogP contribution < -0.4 is 0 Å². The Kier molecular flexibility index (Phi) is 1.77. The molecule has 1 unspecified atom stereocenters. The second-order valence-corrected chi connectivity index (χ2v) is 3.69. The molecule has 0 N–H and O–H groups in total. The van der Waals surface area contributed by atoms with E-state index in [0.717, 1.165) is 10.1 Å². The molecule has 1 saturated heterocycles. The predicted molar refractivity (Wildman–Crippen MR) is 42.3 cm³/mol. The number of hydrogen-bond acceptors (Lipinski definition) is 2. The minimum atomic E-state index is 0.646. The topological polar surface area (TPSA) is 3.24 Å². The maximum absolute atomic E-state index is 5.01. The van der Waals surface area contributed by atoms with Crippen molar-refractivity contribution in [2.24, 2.45) is 0 Å². The fourth-order valence-electron chi connectivity index (χ4n) is 0.585. The van der Waals surface area contributed by atoms with Crippen molar-refractivity contribution >= 4 is 28.3 Å². The molecule has 0 bridgehead atoms. The van der Waals surface area contributed by atoms with Gasteiger partial charge in [-0.25, -0.2) is 0 Å². The highest BCUT2D eigenvalue weighted by Crippen LogP contribution is 2.21. The number of nitrogens with zero attached hydrogens (tertiary/aromatic N) is 1. The zero-order valence-electron chi connectivity index (χ0n) is 5.05. The zero-order chi connectivity index (χ0) is 6.15. The molecular weight excluding hydrogens is 138 g/mol. The first-order valence-electron chi connectivity index (χ1n) is 2.61. The number of thioether (sulfide) groups is 1. The minimum Gasteiger partial charge on any atom is -0.357 e. The average Bonchev–Trinajstić information content (AvgIpc) is 1.98. The van der Waals surface area contributed by atoms with Crippen molar-refractivity contribution in [1.82, 2.24) is 4.90 Å². The summed E-state index contributed by atoms with van der Waals surface area (Å²) in [7, 11) is 2.05. The first-order valence-corrected chi connectivity index (χ1v) is 4.01. The normalized spacial score (nSPS) is 29.5. The van der Waals surface area contributed by atoms with Gasteiger partial charge in [-0.2, -0.15) is 0 Å². The van der Waals surface area contributed by atoms with Crippen LogP contribution in [0, 0.1) is 0 Å². The van der Waals surface area contributed by atoms with Gasteiger partial charge < -0.3 is 4.90 Å². The Labute approximate surface area is 59.4 Å². The number of hydrogen-bond donors (Lipinski definition) is 0. The lowest BCUT2D eigenvalue weighted by Gasteiger charge is -2.14. The van der Waals surface area contributed by atoms with E-state index in [1.807, 2.05) is 7.05 Å². The fraction of sp³-hybridized carbons (Fsp3) is 0.800. The van der Waals surface area contributed by atoms with Crippen LogP contribution in [0.3, 0.4) is 0 Å². The van der Waals surface area contributed by atoms with Crippen molar-refractivity contribution in [1.29, 1.82) is 0 Å². The molecule has 0 spiro atoms. The van der Waals surface area contributed by atoms with E-state index in [0.29, 0.717) is 6.04 Å². The van der Waals surface area contributed by atoms with Gasteiger partial charge in [0.05, 0.1) is 0 Å². The van der Waals surface area contributed by atoms with E-state index in [4.69, 9.17) is 12.2 Å². The molecular formula is C5H9NS2. The lowest BCUT2D eigenvalue weighted by atomic mass is 10.4. The molecule has 8 heavy (non-hydrogen) atoms. The Balaban J connectivity index is 2.56. The Morgan fingerprint density at radius 1 is 1.88 bits per heavy atom. The third-order valence-corrected chi connectivity index (χ3v) is 3.22. The van der Waals surface area contributed by atoms with Gasteiger partial charge in [-0.05, 0) is 6.92 Å². The van der Waals surface area contributed by atoms with Gasteiger partial charge in [-0.3, -0.25) is 0 Å². The van der Waals surface area contributed by atoms with Crippen molar-refractivity contribution in [3.8, 4) is 0 Å². The smallest absolute Gasteiger partial charge is 0.136 e. The van der Waals surface area contributed by atoms with Crippen LogP contribution in [-0.4, -0.2) is 28.1 Å². The quantitative estimate of drug-likeness (QED) is 0.476. The summed E-state index contributed by atoms with van der Waals surface area (Å²) in [5, 5.41) is 0. The van der Waals surface area contributed by atoms with Gasteiger partial charge in [-0.1, -0.05) is 24.0 Å². The molecule has 1 fully saturated rings. The van der Waals surface area contributed by atoms with Crippen LogP contribution in [-0.2, 0) is 0 Å². The summed E-state index contributed by atoms with van der Waals surface area (Å²) in [4.78, 5) is 2.14. The van der Waals surface area contributed by atoms with Crippen molar-refractivity contribution in [2.45, 2.75) is 13.0 Å². The molecule has 46 valence electrons. The summed E-state index contributed by atoms with van der Waals surface area (Å²) in [6, 6.07) is 0.646. The predicted octanol–water partition coefficient (Wildman–Crippen LogP) is 1.34. The molecule has 0 aliphatic carbocycles. The Morgan fingerprint density at radius 3 is 2.62 bits per heavy atom. The minimum absolute atomic E-state index is 0.646. The number of thiocarbonyl (C=S) groups is 1. The van der Waals surface area contributed by atoms with E-state index in [2.05, 4.69) is 11.8 Å². The summed E-state index contributed by atoms with van der Waals surface area (Å²) in [5.41, 5.74) is 0. The maximum Gasteiger partial charge on any atom is 0.136 e. The van der Waals surface area contributed by atoms with Gasteiger partial charge in [0, 0.05) is 18.8 Å². The molecule has 3 heteroatoms. The third-order valence-electron chi connectivity index (χ3n) is 1.40. The van der Waals surface area contributed by atoms with Gasteiger partial charge in [0.1, 0.15) is 4.32 Å². The van der Waals surface area contributed by atoms with E-state index < -0.39 is 0 Å². The molecule has 1 aliphatic rings. The zero-order valence-corrected chi connectivity index (χ0v) is 6.68. The first kappa shape index (κ1) is 6.36. The third kappa shape index (κ3) is 0.977. The molecule has 0 aromatic rings. The molecule has 1 atom stereocenters. The van der Waals surface area contributed by atoms with Crippen LogP contribution >= 0.6 is 24.0 Å². The Bertz CT molecular complexity index is 113. The highest BCUT2D eigenvalue weighted by molar-refractivity contribution is 8.23. The largest absolute Gasteiger partial charge is 0.357 e. The van der Waals surface area contributed by atoms with E-state index in [1.54, 1.807) is 11.8 Å².